The molecule has 1 unspecified atom stereocenters. The maximum absolute atomic E-state index is 5.33. The molecule has 0 radical (unpaired) electrons. The molecule has 324 valence electrons. The Labute approximate surface area is 404 Å². The quantitative estimate of drug-likeness (QED) is 0.162. The smallest absolute Gasteiger partial charge is 0.238 e. The van der Waals surface area contributed by atoms with Crippen molar-refractivity contribution in [1.29, 1.82) is 0 Å². The van der Waals surface area contributed by atoms with E-state index in [1.807, 2.05) is 36.4 Å². The summed E-state index contributed by atoms with van der Waals surface area (Å²) in [6.45, 7) is 0. The highest BCUT2D eigenvalue weighted by atomic mass is 15.2. The molecule has 0 amide bonds. The predicted molar refractivity (Wildman–Crippen MR) is 287 cm³/mol. The first kappa shape index (κ1) is 38.8. The molecule has 0 aliphatic heterocycles. The van der Waals surface area contributed by atoms with E-state index >= 15 is 0 Å². The number of benzene rings is 11. The molecule has 15 rings (SSSR count). The first-order valence-corrected chi connectivity index (χ1v) is 24.0. The Morgan fingerprint density at radius 1 is 0.271 bits per heavy atom. The third-order valence-electron chi connectivity index (χ3n) is 15.1. The van der Waals surface area contributed by atoms with E-state index in [0.717, 1.165) is 32.9 Å². The van der Waals surface area contributed by atoms with Gasteiger partial charge in [0.15, 0.2) is 11.6 Å². The second-order valence-electron chi connectivity index (χ2n) is 18.6. The van der Waals surface area contributed by atoms with Crippen molar-refractivity contribution in [2.45, 2.75) is 5.41 Å². The minimum absolute atomic E-state index is 0.579. The second kappa shape index (κ2) is 14.9. The van der Waals surface area contributed by atoms with Crippen molar-refractivity contribution in [2.24, 2.45) is 0 Å². The summed E-state index contributed by atoms with van der Waals surface area (Å²) in [4.78, 5) is 15.7. The van der Waals surface area contributed by atoms with Gasteiger partial charge in [0.1, 0.15) is 0 Å². The van der Waals surface area contributed by atoms with E-state index in [1.54, 1.807) is 0 Å². The molecule has 1 atom stereocenters. The highest BCUT2D eigenvalue weighted by Gasteiger charge is 2.52. The summed E-state index contributed by atoms with van der Waals surface area (Å²) in [5.74, 6) is 1.84. The van der Waals surface area contributed by atoms with Crippen LogP contribution in [-0.2, 0) is 5.41 Å². The third kappa shape index (κ3) is 5.38. The van der Waals surface area contributed by atoms with Gasteiger partial charge in [0, 0.05) is 21.9 Å². The normalized spacial score (nSPS) is 14.3. The molecule has 0 saturated heterocycles. The van der Waals surface area contributed by atoms with Gasteiger partial charge >= 0.3 is 0 Å². The minimum Gasteiger partial charge on any atom is -0.278 e. The van der Waals surface area contributed by atoms with E-state index in [1.165, 1.54) is 88.3 Å². The number of aromatic nitrogens is 4. The number of nitrogens with zero attached hydrogens (tertiary/aromatic N) is 4. The lowest BCUT2D eigenvalue weighted by molar-refractivity contribution is 0.794. The molecule has 4 nitrogen and oxygen atoms in total. The molecule has 70 heavy (non-hydrogen) atoms. The Bertz CT molecular complexity index is 4170. The fourth-order valence-electron chi connectivity index (χ4n) is 12.2. The molecular formula is C66H40N4. The van der Waals surface area contributed by atoms with Crippen LogP contribution in [0.2, 0.25) is 0 Å². The number of hydrogen-bond donors (Lipinski definition) is 0. The average Bonchev–Trinajstić information content (AvgIpc) is 4.03. The molecule has 0 fully saturated rings. The molecule has 2 aromatic heterocycles. The molecule has 1 spiro atoms. The molecule has 13 aromatic rings. The fraction of sp³-hybridized carbons (Fsp3) is 0.0152. The van der Waals surface area contributed by atoms with Gasteiger partial charge in [-0.05, 0) is 113 Å². The highest BCUT2D eigenvalue weighted by molar-refractivity contribution is 6.21. The van der Waals surface area contributed by atoms with Crippen LogP contribution >= 0.6 is 0 Å². The van der Waals surface area contributed by atoms with Gasteiger partial charge in [-0.3, -0.25) is 4.57 Å². The van der Waals surface area contributed by atoms with Crippen molar-refractivity contribution in [3.63, 3.8) is 0 Å². The van der Waals surface area contributed by atoms with Gasteiger partial charge in [-0.25, -0.2) is 4.98 Å². The lowest BCUT2D eigenvalue weighted by Gasteiger charge is -2.31. The molecule has 2 aliphatic rings. The van der Waals surface area contributed by atoms with Crippen LogP contribution in [0.5, 0.6) is 0 Å². The van der Waals surface area contributed by atoms with Crippen molar-refractivity contribution in [3.05, 3.63) is 265 Å². The Hall–Kier alpha value is -9.25. The van der Waals surface area contributed by atoms with Gasteiger partial charge < -0.3 is 0 Å². The summed E-state index contributed by atoms with van der Waals surface area (Å²) in [6, 6.07) is 88.4. The monoisotopic (exact) mass is 888 g/mol. The van der Waals surface area contributed by atoms with Crippen LogP contribution in [-0.4, -0.2) is 19.5 Å². The minimum atomic E-state index is -0.623. The maximum atomic E-state index is 5.33. The van der Waals surface area contributed by atoms with Crippen LogP contribution in [0, 0.1) is 0 Å². The van der Waals surface area contributed by atoms with E-state index in [0.29, 0.717) is 17.6 Å². The van der Waals surface area contributed by atoms with Gasteiger partial charge in [-0.2, -0.15) is 9.97 Å². The lowest BCUT2D eigenvalue weighted by Crippen LogP contribution is -2.26. The van der Waals surface area contributed by atoms with Crippen LogP contribution in [0.15, 0.2) is 243 Å². The van der Waals surface area contributed by atoms with Crippen molar-refractivity contribution >= 4 is 43.4 Å². The summed E-state index contributed by atoms with van der Waals surface area (Å²) < 4.78 is 2.27. The van der Waals surface area contributed by atoms with Crippen LogP contribution in [0.3, 0.4) is 0 Å². The van der Waals surface area contributed by atoms with Crippen molar-refractivity contribution in [2.75, 3.05) is 0 Å². The van der Waals surface area contributed by atoms with Crippen LogP contribution in [0.25, 0.3) is 117 Å². The van der Waals surface area contributed by atoms with E-state index in [2.05, 4.69) is 211 Å². The molecular weight excluding hydrogens is 849 g/mol. The Morgan fingerprint density at radius 2 is 0.714 bits per heavy atom. The van der Waals surface area contributed by atoms with Crippen molar-refractivity contribution in [3.8, 4) is 73.2 Å². The summed E-state index contributed by atoms with van der Waals surface area (Å²) in [7, 11) is 0. The van der Waals surface area contributed by atoms with Crippen molar-refractivity contribution in [1.82, 2.24) is 19.5 Å². The molecule has 11 aromatic carbocycles. The van der Waals surface area contributed by atoms with E-state index in [9.17, 15) is 0 Å². The number of para-hydroxylation sites is 1. The largest absolute Gasteiger partial charge is 0.278 e. The Morgan fingerprint density at radius 3 is 1.30 bits per heavy atom. The van der Waals surface area contributed by atoms with Gasteiger partial charge in [-0.15, -0.1) is 0 Å². The zero-order chi connectivity index (χ0) is 45.9. The van der Waals surface area contributed by atoms with E-state index in [-0.39, 0.29) is 0 Å². The Balaban J connectivity index is 1.03. The summed E-state index contributed by atoms with van der Waals surface area (Å²) >= 11 is 0. The molecule has 4 heteroatoms. The summed E-state index contributed by atoms with van der Waals surface area (Å²) in [5.41, 5.74) is 18.4. The maximum Gasteiger partial charge on any atom is 0.238 e. The average molecular weight is 889 g/mol. The number of fused-ring (bicyclic) bond motifs is 15. The van der Waals surface area contributed by atoms with Gasteiger partial charge in [-0.1, -0.05) is 218 Å². The van der Waals surface area contributed by atoms with E-state index in [4.69, 9.17) is 15.0 Å². The predicted octanol–water partition coefficient (Wildman–Crippen LogP) is 16.3. The lowest BCUT2D eigenvalue weighted by atomic mass is 9.70. The summed E-state index contributed by atoms with van der Waals surface area (Å²) in [5, 5.41) is 7.28. The molecule has 0 bridgehead atoms. The molecule has 2 heterocycles. The first-order valence-electron chi connectivity index (χ1n) is 24.0. The van der Waals surface area contributed by atoms with Gasteiger partial charge in [0.05, 0.1) is 16.4 Å². The molecule has 2 aliphatic carbocycles. The molecule has 0 N–H and O–H groups in total. The third-order valence-corrected chi connectivity index (χ3v) is 15.1. The zero-order valence-corrected chi connectivity index (χ0v) is 37.9. The van der Waals surface area contributed by atoms with Crippen LogP contribution < -0.4 is 0 Å². The zero-order valence-electron chi connectivity index (χ0n) is 37.9. The van der Waals surface area contributed by atoms with Gasteiger partial charge in [0.25, 0.3) is 0 Å². The fourth-order valence-corrected chi connectivity index (χ4v) is 12.2. The van der Waals surface area contributed by atoms with E-state index < -0.39 is 5.41 Å². The van der Waals surface area contributed by atoms with Crippen LogP contribution in [0.1, 0.15) is 22.3 Å². The van der Waals surface area contributed by atoms with Crippen molar-refractivity contribution < 1.29 is 0 Å². The summed E-state index contributed by atoms with van der Waals surface area (Å²) in [6.07, 6.45) is 0. The van der Waals surface area contributed by atoms with Gasteiger partial charge in [0.2, 0.25) is 5.95 Å². The van der Waals surface area contributed by atoms with Crippen LogP contribution in [0.4, 0.5) is 0 Å². The Kier molecular flexibility index (Phi) is 8.25. The first-order chi connectivity index (χ1) is 34.7. The highest BCUT2D eigenvalue weighted by Crippen LogP contribution is 2.64. The molecule has 0 saturated carbocycles. The number of rotatable bonds is 5. The topological polar surface area (TPSA) is 43.6 Å². The standard InChI is InChI=1S/C66H40N4/c1-4-20-41(21-5-1)61-49-29-10-12-31-51(49)62(52-32-13-11-30-50(52)61)44-36-37-47-45-26-14-17-33-55(45)66(57(47)38-44)56-34-18-15-27-46(56)53-39-54-48-28-16-19-35-59(48)70(60(54)40-58(53)66)65-68-63(42-22-6-2-7-23-42)67-64(69-65)43-24-8-3-9-25-43/h1-40H. The SMILES string of the molecule is c1ccc(-c2nc(-c3ccccc3)nc(-n3c4ccccc4c4cc5c(cc43)C3(c4ccccc4-c4ccc(-c6c7ccccc7c(-c7ccccc7)c7ccccc67)cc43)c3ccccc3-5)n2)cc1. The number of hydrogen-bond acceptors (Lipinski definition) is 3. The second-order valence-corrected chi connectivity index (χ2v) is 18.6.